The molecule has 0 radical (unpaired) electrons. The molecule has 0 saturated carbocycles. The average Bonchev–Trinajstić information content (AvgIpc) is 2.79. The summed E-state index contributed by atoms with van der Waals surface area (Å²) >= 11 is 0. The number of amides is 1. The van der Waals surface area contributed by atoms with Crippen LogP contribution in [0.2, 0.25) is 0 Å². The highest BCUT2D eigenvalue weighted by Crippen LogP contribution is 2.07. The molecule has 0 aromatic carbocycles. The van der Waals surface area contributed by atoms with E-state index in [0.717, 1.165) is 38.9 Å². The van der Waals surface area contributed by atoms with E-state index in [1.165, 1.54) is 0 Å². The van der Waals surface area contributed by atoms with E-state index >= 15 is 0 Å². The van der Waals surface area contributed by atoms with Crippen molar-refractivity contribution in [3.8, 4) is 0 Å². The number of hydrogen-bond donors (Lipinski definition) is 2. The molecule has 1 amide bonds. The largest absolute Gasteiger partial charge is 0.353 e. The molecule has 100 valence electrons. The van der Waals surface area contributed by atoms with Gasteiger partial charge in [0.25, 0.3) is 0 Å². The minimum Gasteiger partial charge on any atom is -0.353 e. The van der Waals surface area contributed by atoms with Gasteiger partial charge >= 0.3 is 0 Å². The molecule has 0 bridgehead atoms. The smallest absolute Gasteiger partial charge is 0.234 e. The fourth-order valence-electron chi connectivity index (χ4n) is 2.46. The van der Waals surface area contributed by atoms with Crippen molar-refractivity contribution in [2.24, 2.45) is 0 Å². The van der Waals surface area contributed by atoms with E-state index in [1.54, 1.807) is 0 Å². The van der Waals surface area contributed by atoms with Gasteiger partial charge in [0.15, 0.2) is 0 Å². The lowest BCUT2D eigenvalue weighted by atomic mass is 10.2. The maximum atomic E-state index is 11.9. The van der Waals surface area contributed by atoms with E-state index < -0.39 is 0 Å². The van der Waals surface area contributed by atoms with Crippen molar-refractivity contribution in [3.63, 3.8) is 0 Å². The predicted molar refractivity (Wildman–Crippen MR) is 71.0 cm³/mol. The average molecular weight is 241 g/mol. The van der Waals surface area contributed by atoms with Gasteiger partial charge in [0.2, 0.25) is 5.91 Å². The third-order valence-electron chi connectivity index (χ3n) is 3.43. The van der Waals surface area contributed by atoms with Crippen LogP contribution in [0, 0.1) is 0 Å². The first-order valence-corrected chi connectivity index (χ1v) is 6.91. The number of nitrogens with one attached hydrogen (secondary N) is 2. The van der Waals surface area contributed by atoms with Crippen molar-refractivity contribution in [3.05, 3.63) is 0 Å². The van der Waals surface area contributed by atoms with Gasteiger partial charge in [-0.3, -0.25) is 9.69 Å². The molecule has 2 atom stereocenters. The normalized spacial score (nSPS) is 21.8. The fraction of sp³-hybridized carbons (Fsp3) is 0.923. The first-order chi connectivity index (χ1) is 8.17. The summed E-state index contributed by atoms with van der Waals surface area (Å²) in [6.45, 7) is 9.93. The summed E-state index contributed by atoms with van der Waals surface area (Å²) in [5.74, 6) is 0.166. The van der Waals surface area contributed by atoms with Gasteiger partial charge in [0.05, 0.1) is 6.54 Å². The second kappa shape index (κ2) is 7.67. The van der Waals surface area contributed by atoms with Crippen LogP contribution in [0.4, 0.5) is 0 Å². The van der Waals surface area contributed by atoms with E-state index in [0.29, 0.717) is 18.6 Å². The van der Waals surface area contributed by atoms with Crippen LogP contribution in [0.3, 0.4) is 0 Å². The molecule has 17 heavy (non-hydrogen) atoms. The maximum absolute atomic E-state index is 11.9. The first-order valence-electron chi connectivity index (χ1n) is 6.91. The van der Waals surface area contributed by atoms with Crippen molar-refractivity contribution in [2.75, 3.05) is 26.2 Å². The SMILES string of the molecule is CCCC(C)NC(=O)CN(CC)C1CCNC1. The van der Waals surface area contributed by atoms with Gasteiger partial charge in [-0.15, -0.1) is 0 Å². The molecule has 2 unspecified atom stereocenters. The summed E-state index contributed by atoms with van der Waals surface area (Å²) in [5, 5.41) is 6.42. The Balaban J connectivity index is 2.31. The number of rotatable bonds is 7. The van der Waals surface area contributed by atoms with Crippen LogP contribution in [0.1, 0.15) is 40.0 Å². The van der Waals surface area contributed by atoms with Gasteiger partial charge in [0, 0.05) is 18.6 Å². The molecule has 1 heterocycles. The molecule has 4 heteroatoms. The molecular weight excluding hydrogens is 214 g/mol. The van der Waals surface area contributed by atoms with Crippen LogP contribution in [0.5, 0.6) is 0 Å². The van der Waals surface area contributed by atoms with Gasteiger partial charge in [-0.05, 0) is 32.9 Å². The molecular formula is C13H27N3O. The van der Waals surface area contributed by atoms with Crippen LogP contribution in [0.15, 0.2) is 0 Å². The highest BCUT2D eigenvalue weighted by molar-refractivity contribution is 5.78. The molecule has 1 rings (SSSR count). The summed E-state index contributed by atoms with van der Waals surface area (Å²) in [6, 6.07) is 0.833. The molecule has 0 aliphatic carbocycles. The van der Waals surface area contributed by atoms with Crippen LogP contribution in [-0.4, -0.2) is 49.1 Å². The summed E-state index contributed by atoms with van der Waals surface area (Å²) in [6.07, 6.45) is 3.33. The summed E-state index contributed by atoms with van der Waals surface area (Å²) < 4.78 is 0. The Morgan fingerprint density at radius 3 is 2.82 bits per heavy atom. The molecule has 0 spiro atoms. The summed E-state index contributed by atoms with van der Waals surface area (Å²) in [4.78, 5) is 14.2. The quantitative estimate of drug-likeness (QED) is 0.698. The van der Waals surface area contributed by atoms with Gasteiger partial charge in [-0.2, -0.15) is 0 Å². The molecule has 0 aromatic heterocycles. The Bertz CT molecular complexity index is 227. The fourth-order valence-corrected chi connectivity index (χ4v) is 2.46. The Labute approximate surface area is 105 Å². The Kier molecular flexibility index (Phi) is 6.52. The van der Waals surface area contributed by atoms with Crippen molar-refractivity contribution in [1.29, 1.82) is 0 Å². The van der Waals surface area contributed by atoms with Crippen LogP contribution in [-0.2, 0) is 4.79 Å². The van der Waals surface area contributed by atoms with Crippen molar-refractivity contribution in [2.45, 2.75) is 52.1 Å². The number of carbonyl (C=O) groups is 1. The standard InChI is InChI=1S/C13H27N3O/c1-4-6-11(3)15-13(17)10-16(5-2)12-7-8-14-9-12/h11-12,14H,4-10H2,1-3H3,(H,15,17). The second-order valence-corrected chi connectivity index (χ2v) is 4.97. The molecule has 2 N–H and O–H groups in total. The Hall–Kier alpha value is -0.610. The van der Waals surface area contributed by atoms with Crippen molar-refractivity contribution in [1.82, 2.24) is 15.5 Å². The number of nitrogens with zero attached hydrogens (tertiary/aromatic N) is 1. The molecule has 4 nitrogen and oxygen atoms in total. The molecule has 0 aromatic rings. The number of hydrogen-bond acceptors (Lipinski definition) is 3. The van der Waals surface area contributed by atoms with Crippen LogP contribution < -0.4 is 10.6 Å². The molecule has 1 aliphatic rings. The Morgan fingerprint density at radius 2 is 2.29 bits per heavy atom. The minimum absolute atomic E-state index is 0.166. The number of likely N-dealkylation sites (N-methyl/N-ethyl adjacent to an activating group) is 1. The van der Waals surface area contributed by atoms with E-state index in [2.05, 4.69) is 36.3 Å². The van der Waals surface area contributed by atoms with E-state index in [-0.39, 0.29) is 5.91 Å². The maximum Gasteiger partial charge on any atom is 0.234 e. The van der Waals surface area contributed by atoms with Gasteiger partial charge in [0.1, 0.15) is 0 Å². The highest BCUT2D eigenvalue weighted by atomic mass is 16.2. The third-order valence-corrected chi connectivity index (χ3v) is 3.43. The monoisotopic (exact) mass is 241 g/mol. The van der Waals surface area contributed by atoms with Crippen LogP contribution >= 0.6 is 0 Å². The van der Waals surface area contributed by atoms with Crippen molar-refractivity contribution < 1.29 is 4.79 Å². The lowest BCUT2D eigenvalue weighted by Crippen LogP contribution is -2.45. The molecule has 1 saturated heterocycles. The lowest BCUT2D eigenvalue weighted by Gasteiger charge is -2.26. The second-order valence-electron chi connectivity index (χ2n) is 4.97. The van der Waals surface area contributed by atoms with E-state index in [4.69, 9.17) is 0 Å². The zero-order valence-corrected chi connectivity index (χ0v) is 11.5. The first kappa shape index (κ1) is 14.5. The van der Waals surface area contributed by atoms with Gasteiger partial charge in [-0.1, -0.05) is 20.3 Å². The van der Waals surface area contributed by atoms with E-state index in [9.17, 15) is 4.79 Å². The topological polar surface area (TPSA) is 44.4 Å². The third kappa shape index (κ3) is 5.04. The van der Waals surface area contributed by atoms with Crippen LogP contribution in [0.25, 0.3) is 0 Å². The van der Waals surface area contributed by atoms with Gasteiger partial charge < -0.3 is 10.6 Å². The summed E-state index contributed by atoms with van der Waals surface area (Å²) in [5.41, 5.74) is 0. The predicted octanol–water partition coefficient (Wildman–Crippen LogP) is 0.975. The van der Waals surface area contributed by atoms with E-state index in [1.807, 2.05) is 0 Å². The Morgan fingerprint density at radius 1 is 1.53 bits per heavy atom. The minimum atomic E-state index is 0.166. The molecule has 1 fully saturated rings. The lowest BCUT2D eigenvalue weighted by molar-refractivity contribution is -0.123. The number of carbonyl (C=O) groups excluding carboxylic acids is 1. The zero-order valence-electron chi connectivity index (χ0n) is 11.5. The van der Waals surface area contributed by atoms with Crippen molar-refractivity contribution >= 4 is 5.91 Å². The van der Waals surface area contributed by atoms with Gasteiger partial charge in [-0.25, -0.2) is 0 Å². The summed E-state index contributed by atoms with van der Waals surface area (Å²) in [7, 11) is 0. The zero-order chi connectivity index (χ0) is 12.7. The molecule has 1 aliphatic heterocycles. The highest BCUT2D eigenvalue weighted by Gasteiger charge is 2.22.